The number of nitrogens with zero attached hydrogens (tertiary/aromatic N) is 3. The first kappa shape index (κ1) is 10.2. The van der Waals surface area contributed by atoms with Crippen LogP contribution in [0.3, 0.4) is 0 Å². The smallest absolute Gasteiger partial charge is 0.227 e. The Hall–Kier alpha value is -1.36. The van der Waals surface area contributed by atoms with E-state index in [1.807, 2.05) is 7.05 Å². The van der Waals surface area contributed by atoms with Gasteiger partial charge in [-0.05, 0) is 25.5 Å². The van der Waals surface area contributed by atoms with Crippen LogP contribution in [0, 0.1) is 0 Å². The zero-order valence-corrected chi connectivity index (χ0v) is 8.98. The van der Waals surface area contributed by atoms with Gasteiger partial charge in [-0.15, -0.1) is 0 Å². The van der Waals surface area contributed by atoms with E-state index in [-0.39, 0.29) is 0 Å². The van der Waals surface area contributed by atoms with Gasteiger partial charge in [0.25, 0.3) is 0 Å². The third-order valence-corrected chi connectivity index (χ3v) is 2.80. The number of hydrogen-bond donors (Lipinski definition) is 2. The van der Waals surface area contributed by atoms with E-state index in [4.69, 9.17) is 5.73 Å². The van der Waals surface area contributed by atoms with Crippen LogP contribution in [0.2, 0.25) is 0 Å². The number of nitrogen functional groups attached to an aromatic ring is 1. The molecule has 0 radical (unpaired) electrons. The third-order valence-electron chi connectivity index (χ3n) is 2.80. The maximum Gasteiger partial charge on any atom is 0.227 e. The molecule has 5 nitrogen and oxygen atoms in total. The average molecular weight is 207 g/mol. The highest BCUT2D eigenvalue weighted by atomic mass is 15.3. The van der Waals surface area contributed by atoms with Gasteiger partial charge in [-0.3, -0.25) is 0 Å². The highest BCUT2D eigenvalue weighted by Gasteiger charge is 2.19. The Bertz CT molecular complexity index is 321. The number of nitrogens with two attached hydrogens (primary N) is 1. The molecule has 1 atom stereocenters. The third kappa shape index (κ3) is 2.36. The summed E-state index contributed by atoms with van der Waals surface area (Å²) in [4.78, 5) is 10.5. The Morgan fingerprint density at radius 2 is 2.47 bits per heavy atom. The van der Waals surface area contributed by atoms with E-state index in [0.29, 0.717) is 17.8 Å². The molecule has 1 unspecified atom stereocenters. The van der Waals surface area contributed by atoms with Gasteiger partial charge >= 0.3 is 0 Å². The van der Waals surface area contributed by atoms with Gasteiger partial charge in [0, 0.05) is 25.8 Å². The van der Waals surface area contributed by atoms with Crippen molar-refractivity contribution in [1.29, 1.82) is 0 Å². The second kappa shape index (κ2) is 4.44. The van der Waals surface area contributed by atoms with Crippen molar-refractivity contribution in [3.63, 3.8) is 0 Å². The Labute approximate surface area is 89.7 Å². The van der Waals surface area contributed by atoms with Crippen LogP contribution >= 0.6 is 0 Å². The standard InChI is InChI=1S/C10H17N5/c1-15(8-3-2-5-12-7-8)10-13-6-4-9(11)14-10/h4,6,8,12H,2-3,5,7H2,1H3,(H2,11,13,14). The number of rotatable bonds is 2. The summed E-state index contributed by atoms with van der Waals surface area (Å²) in [5, 5.41) is 3.37. The Morgan fingerprint density at radius 1 is 1.60 bits per heavy atom. The summed E-state index contributed by atoms with van der Waals surface area (Å²) in [5.41, 5.74) is 5.63. The molecule has 2 heterocycles. The molecule has 0 amide bonds. The first-order valence-corrected chi connectivity index (χ1v) is 5.29. The summed E-state index contributed by atoms with van der Waals surface area (Å²) in [6, 6.07) is 2.18. The minimum absolute atomic E-state index is 0.473. The molecule has 3 N–H and O–H groups in total. The normalized spacial score (nSPS) is 21.3. The van der Waals surface area contributed by atoms with Crippen molar-refractivity contribution < 1.29 is 0 Å². The largest absolute Gasteiger partial charge is 0.384 e. The first-order chi connectivity index (χ1) is 7.27. The Kier molecular flexibility index (Phi) is 3.01. The lowest BCUT2D eigenvalue weighted by Gasteiger charge is -2.31. The van der Waals surface area contributed by atoms with Crippen molar-refractivity contribution in [2.45, 2.75) is 18.9 Å². The molecule has 5 heteroatoms. The predicted octanol–water partition coefficient (Wildman–Crippen LogP) is 0.247. The van der Waals surface area contributed by atoms with Gasteiger partial charge in [0.05, 0.1) is 0 Å². The molecule has 1 aliphatic rings. The van der Waals surface area contributed by atoms with Crippen molar-refractivity contribution in [2.75, 3.05) is 30.8 Å². The zero-order chi connectivity index (χ0) is 10.7. The number of nitrogens with one attached hydrogen (secondary N) is 1. The quantitative estimate of drug-likeness (QED) is 0.727. The topological polar surface area (TPSA) is 67.1 Å². The molecule has 15 heavy (non-hydrogen) atoms. The molecule has 0 aromatic carbocycles. The lowest BCUT2D eigenvalue weighted by atomic mass is 10.1. The molecule has 0 aliphatic carbocycles. The summed E-state index contributed by atoms with van der Waals surface area (Å²) >= 11 is 0. The lowest BCUT2D eigenvalue weighted by Crippen LogP contribution is -2.44. The van der Waals surface area contributed by atoms with E-state index >= 15 is 0 Å². The summed E-state index contributed by atoms with van der Waals surface area (Å²) < 4.78 is 0. The number of likely N-dealkylation sites (N-methyl/N-ethyl adjacent to an activating group) is 1. The van der Waals surface area contributed by atoms with Gasteiger partial charge in [-0.25, -0.2) is 4.98 Å². The van der Waals surface area contributed by atoms with Gasteiger partial charge in [-0.2, -0.15) is 4.98 Å². The minimum Gasteiger partial charge on any atom is -0.384 e. The summed E-state index contributed by atoms with van der Waals surface area (Å²) in [6.45, 7) is 2.11. The average Bonchev–Trinajstić information content (AvgIpc) is 2.29. The van der Waals surface area contributed by atoms with Gasteiger partial charge in [0.2, 0.25) is 5.95 Å². The van der Waals surface area contributed by atoms with E-state index in [2.05, 4.69) is 20.2 Å². The van der Waals surface area contributed by atoms with E-state index in [9.17, 15) is 0 Å². The van der Waals surface area contributed by atoms with Crippen LogP contribution in [0.25, 0.3) is 0 Å². The Morgan fingerprint density at radius 3 is 3.13 bits per heavy atom. The predicted molar refractivity (Wildman–Crippen MR) is 60.7 cm³/mol. The molecule has 82 valence electrons. The number of anilines is 2. The number of hydrogen-bond acceptors (Lipinski definition) is 5. The number of aromatic nitrogens is 2. The van der Waals surface area contributed by atoms with Crippen LogP contribution in [0.5, 0.6) is 0 Å². The second-order valence-corrected chi connectivity index (χ2v) is 3.89. The van der Waals surface area contributed by atoms with Crippen LogP contribution in [-0.2, 0) is 0 Å². The van der Waals surface area contributed by atoms with Crippen LogP contribution in [0.4, 0.5) is 11.8 Å². The van der Waals surface area contributed by atoms with Crippen LogP contribution in [-0.4, -0.2) is 36.1 Å². The van der Waals surface area contributed by atoms with Gasteiger partial charge in [0.1, 0.15) is 5.82 Å². The van der Waals surface area contributed by atoms with E-state index in [1.165, 1.54) is 12.8 Å². The van der Waals surface area contributed by atoms with Crippen LogP contribution in [0.1, 0.15) is 12.8 Å². The summed E-state index contributed by atoms with van der Waals surface area (Å²) in [6.07, 6.45) is 4.09. The van der Waals surface area contributed by atoms with E-state index < -0.39 is 0 Å². The molecule has 1 aromatic rings. The highest BCUT2D eigenvalue weighted by molar-refractivity contribution is 5.38. The van der Waals surface area contributed by atoms with Crippen molar-refractivity contribution in [1.82, 2.24) is 15.3 Å². The maximum absolute atomic E-state index is 5.63. The highest BCUT2D eigenvalue weighted by Crippen LogP contribution is 2.14. The maximum atomic E-state index is 5.63. The van der Waals surface area contributed by atoms with Crippen molar-refractivity contribution >= 4 is 11.8 Å². The minimum atomic E-state index is 0.473. The van der Waals surface area contributed by atoms with E-state index in [0.717, 1.165) is 13.1 Å². The summed E-state index contributed by atoms with van der Waals surface area (Å²) in [5.74, 6) is 1.24. The zero-order valence-electron chi connectivity index (χ0n) is 8.98. The molecule has 1 saturated heterocycles. The first-order valence-electron chi connectivity index (χ1n) is 5.29. The number of piperidine rings is 1. The molecular weight excluding hydrogens is 190 g/mol. The van der Waals surface area contributed by atoms with E-state index in [1.54, 1.807) is 12.3 Å². The van der Waals surface area contributed by atoms with Gasteiger partial charge < -0.3 is 16.0 Å². The Balaban J connectivity index is 2.08. The lowest BCUT2D eigenvalue weighted by molar-refractivity contribution is 0.441. The molecular formula is C10H17N5. The second-order valence-electron chi connectivity index (χ2n) is 3.89. The fourth-order valence-corrected chi connectivity index (χ4v) is 1.86. The van der Waals surface area contributed by atoms with Gasteiger partial charge in [-0.1, -0.05) is 0 Å². The molecule has 2 rings (SSSR count). The monoisotopic (exact) mass is 207 g/mol. The van der Waals surface area contributed by atoms with Crippen molar-refractivity contribution in [3.8, 4) is 0 Å². The fourth-order valence-electron chi connectivity index (χ4n) is 1.86. The molecule has 0 spiro atoms. The molecule has 0 bridgehead atoms. The molecule has 1 aromatic heterocycles. The van der Waals surface area contributed by atoms with Gasteiger partial charge in [0.15, 0.2) is 0 Å². The summed E-state index contributed by atoms with van der Waals surface area (Å²) in [7, 11) is 2.02. The van der Waals surface area contributed by atoms with Crippen LogP contribution in [0.15, 0.2) is 12.3 Å². The SMILES string of the molecule is CN(c1nccc(N)n1)C1CCCNC1. The fraction of sp³-hybridized carbons (Fsp3) is 0.600. The van der Waals surface area contributed by atoms with Crippen LogP contribution < -0.4 is 16.0 Å². The molecule has 0 saturated carbocycles. The van der Waals surface area contributed by atoms with Crippen molar-refractivity contribution in [3.05, 3.63) is 12.3 Å². The van der Waals surface area contributed by atoms with Crippen molar-refractivity contribution in [2.24, 2.45) is 0 Å². The molecule has 1 aliphatic heterocycles. The molecule has 1 fully saturated rings.